The third kappa shape index (κ3) is 2.60. The molecule has 0 saturated carbocycles. The van der Waals surface area contributed by atoms with Gasteiger partial charge in [0.1, 0.15) is 5.82 Å². The van der Waals surface area contributed by atoms with Gasteiger partial charge in [0.05, 0.1) is 21.8 Å². The first-order chi connectivity index (χ1) is 9.74. The maximum absolute atomic E-state index is 13.1. The third-order valence-electron chi connectivity index (χ3n) is 2.85. The molecule has 0 atom stereocenters. The van der Waals surface area contributed by atoms with E-state index in [2.05, 4.69) is 16.4 Å². The maximum atomic E-state index is 13.1. The van der Waals surface area contributed by atoms with Gasteiger partial charge in [0.15, 0.2) is 5.13 Å². The van der Waals surface area contributed by atoms with Crippen LogP contribution in [0.2, 0.25) is 0 Å². The molecule has 3 rings (SSSR count). The van der Waals surface area contributed by atoms with Crippen molar-refractivity contribution in [1.82, 2.24) is 4.98 Å². The molecule has 0 bridgehead atoms. The number of nitriles is 1. The minimum Gasteiger partial charge on any atom is -0.357 e. The number of rotatable bonds is 3. The Kier molecular flexibility index (Phi) is 3.32. The summed E-state index contributed by atoms with van der Waals surface area (Å²) in [6.07, 6.45) is 0. The molecule has 0 fully saturated rings. The third-order valence-corrected chi connectivity index (χ3v) is 3.84. The SMILES string of the molecule is N#Cc1cccc(CNc2nc3cc(F)ccc3s2)c1. The topological polar surface area (TPSA) is 48.7 Å². The fourth-order valence-corrected chi connectivity index (χ4v) is 2.75. The van der Waals surface area contributed by atoms with Gasteiger partial charge in [0, 0.05) is 12.6 Å². The van der Waals surface area contributed by atoms with Gasteiger partial charge in [-0.3, -0.25) is 0 Å². The molecule has 2 aromatic carbocycles. The lowest BCUT2D eigenvalue weighted by Crippen LogP contribution is -1.98. The van der Waals surface area contributed by atoms with Crippen molar-refractivity contribution in [2.75, 3.05) is 5.32 Å². The van der Waals surface area contributed by atoms with Crippen molar-refractivity contribution >= 4 is 26.7 Å². The van der Waals surface area contributed by atoms with E-state index in [1.807, 2.05) is 18.2 Å². The number of aromatic nitrogens is 1. The summed E-state index contributed by atoms with van der Waals surface area (Å²) in [4.78, 5) is 4.33. The second-order valence-corrected chi connectivity index (χ2v) is 5.33. The zero-order chi connectivity index (χ0) is 13.9. The summed E-state index contributed by atoms with van der Waals surface area (Å²) < 4.78 is 14.0. The van der Waals surface area contributed by atoms with Crippen LogP contribution < -0.4 is 5.32 Å². The molecule has 98 valence electrons. The predicted octanol–water partition coefficient (Wildman–Crippen LogP) is 3.92. The largest absolute Gasteiger partial charge is 0.357 e. The lowest BCUT2D eigenvalue weighted by atomic mass is 10.1. The maximum Gasteiger partial charge on any atom is 0.184 e. The van der Waals surface area contributed by atoms with Crippen LogP contribution in [0.3, 0.4) is 0 Å². The second kappa shape index (κ2) is 5.27. The van der Waals surface area contributed by atoms with Crippen LogP contribution in [0.4, 0.5) is 9.52 Å². The highest BCUT2D eigenvalue weighted by Gasteiger charge is 2.04. The predicted molar refractivity (Wildman–Crippen MR) is 78.1 cm³/mol. The van der Waals surface area contributed by atoms with Crippen LogP contribution in [-0.4, -0.2) is 4.98 Å². The molecular formula is C15H10FN3S. The summed E-state index contributed by atoms with van der Waals surface area (Å²) in [6, 6.07) is 14.1. The highest BCUT2D eigenvalue weighted by Crippen LogP contribution is 2.26. The molecule has 1 N–H and O–H groups in total. The van der Waals surface area contributed by atoms with Crippen molar-refractivity contribution in [3.8, 4) is 6.07 Å². The van der Waals surface area contributed by atoms with E-state index < -0.39 is 0 Å². The molecule has 5 heteroatoms. The van der Waals surface area contributed by atoms with Crippen molar-refractivity contribution in [3.63, 3.8) is 0 Å². The lowest BCUT2D eigenvalue weighted by molar-refractivity contribution is 0.629. The average Bonchev–Trinajstić information content (AvgIpc) is 2.87. The van der Waals surface area contributed by atoms with Crippen LogP contribution in [0.1, 0.15) is 11.1 Å². The van der Waals surface area contributed by atoms with Gasteiger partial charge in [0.2, 0.25) is 0 Å². The number of thiazole rings is 1. The summed E-state index contributed by atoms with van der Waals surface area (Å²) in [7, 11) is 0. The van der Waals surface area contributed by atoms with Crippen molar-refractivity contribution in [1.29, 1.82) is 5.26 Å². The Balaban J connectivity index is 1.78. The number of nitrogens with one attached hydrogen (secondary N) is 1. The van der Waals surface area contributed by atoms with E-state index in [9.17, 15) is 4.39 Å². The van der Waals surface area contributed by atoms with E-state index in [0.29, 0.717) is 17.6 Å². The highest BCUT2D eigenvalue weighted by molar-refractivity contribution is 7.22. The van der Waals surface area contributed by atoms with Gasteiger partial charge >= 0.3 is 0 Å². The van der Waals surface area contributed by atoms with Gasteiger partial charge in [-0.05, 0) is 29.8 Å². The second-order valence-electron chi connectivity index (χ2n) is 4.30. The molecule has 0 amide bonds. The number of hydrogen-bond acceptors (Lipinski definition) is 4. The number of benzene rings is 2. The Bertz CT molecular complexity index is 804. The summed E-state index contributed by atoms with van der Waals surface area (Å²) >= 11 is 1.48. The van der Waals surface area contributed by atoms with Gasteiger partial charge in [-0.25, -0.2) is 9.37 Å². The van der Waals surface area contributed by atoms with E-state index in [0.717, 1.165) is 15.4 Å². The molecule has 0 aliphatic carbocycles. The zero-order valence-corrected chi connectivity index (χ0v) is 11.2. The Labute approximate surface area is 119 Å². The summed E-state index contributed by atoms with van der Waals surface area (Å²) in [5, 5.41) is 12.8. The van der Waals surface area contributed by atoms with Crippen LogP contribution in [0.5, 0.6) is 0 Å². The monoisotopic (exact) mass is 283 g/mol. The molecule has 1 heterocycles. The Hall–Kier alpha value is -2.45. The van der Waals surface area contributed by atoms with Crippen LogP contribution in [0.15, 0.2) is 42.5 Å². The Morgan fingerprint density at radius 1 is 1.25 bits per heavy atom. The average molecular weight is 283 g/mol. The van der Waals surface area contributed by atoms with Crippen molar-refractivity contribution in [2.45, 2.75) is 6.54 Å². The van der Waals surface area contributed by atoms with Crippen LogP contribution in [0, 0.1) is 17.1 Å². The molecule has 0 spiro atoms. The molecular weight excluding hydrogens is 273 g/mol. The standard InChI is InChI=1S/C15H10FN3S/c16-12-4-5-14-13(7-12)19-15(20-14)18-9-11-3-1-2-10(6-11)8-17/h1-7H,9H2,(H,18,19). The fraction of sp³-hybridized carbons (Fsp3) is 0.0667. The molecule has 3 nitrogen and oxygen atoms in total. The molecule has 0 radical (unpaired) electrons. The van der Waals surface area contributed by atoms with E-state index >= 15 is 0 Å². The van der Waals surface area contributed by atoms with Crippen molar-refractivity contribution < 1.29 is 4.39 Å². The molecule has 1 aromatic heterocycles. The van der Waals surface area contributed by atoms with Gasteiger partial charge in [-0.2, -0.15) is 5.26 Å². The fourth-order valence-electron chi connectivity index (χ4n) is 1.90. The molecule has 3 aromatic rings. The summed E-state index contributed by atoms with van der Waals surface area (Å²) in [6.45, 7) is 0.581. The first kappa shape index (κ1) is 12.6. The number of hydrogen-bond donors (Lipinski definition) is 1. The number of fused-ring (bicyclic) bond motifs is 1. The quantitative estimate of drug-likeness (QED) is 0.792. The van der Waals surface area contributed by atoms with Gasteiger partial charge < -0.3 is 5.32 Å². The first-order valence-electron chi connectivity index (χ1n) is 6.03. The van der Waals surface area contributed by atoms with Crippen LogP contribution >= 0.6 is 11.3 Å². The van der Waals surface area contributed by atoms with E-state index in [1.165, 1.54) is 23.5 Å². The summed E-state index contributed by atoms with van der Waals surface area (Å²) in [5.41, 5.74) is 2.30. The Morgan fingerprint density at radius 3 is 3.00 bits per heavy atom. The summed E-state index contributed by atoms with van der Waals surface area (Å²) in [5.74, 6) is -0.281. The number of nitrogens with zero attached hydrogens (tertiary/aromatic N) is 2. The first-order valence-corrected chi connectivity index (χ1v) is 6.85. The highest BCUT2D eigenvalue weighted by atomic mass is 32.1. The van der Waals surface area contributed by atoms with Crippen molar-refractivity contribution in [2.24, 2.45) is 0 Å². The van der Waals surface area contributed by atoms with E-state index in [-0.39, 0.29) is 5.82 Å². The Morgan fingerprint density at radius 2 is 2.15 bits per heavy atom. The van der Waals surface area contributed by atoms with E-state index in [4.69, 9.17) is 5.26 Å². The van der Waals surface area contributed by atoms with Crippen molar-refractivity contribution in [3.05, 3.63) is 59.4 Å². The van der Waals surface area contributed by atoms with Gasteiger partial charge in [0.25, 0.3) is 0 Å². The van der Waals surface area contributed by atoms with Crippen LogP contribution in [-0.2, 0) is 6.54 Å². The molecule has 0 aliphatic heterocycles. The number of anilines is 1. The minimum absolute atomic E-state index is 0.281. The zero-order valence-electron chi connectivity index (χ0n) is 10.4. The normalized spacial score (nSPS) is 10.4. The minimum atomic E-state index is -0.281. The molecule has 0 aliphatic rings. The van der Waals surface area contributed by atoms with Crippen LogP contribution in [0.25, 0.3) is 10.2 Å². The van der Waals surface area contributed by atoms with E-state index in [1.54, 1.807) is 12.1 Å². The van der Waals surface area contributed by atoms with Gasteiger partial charge in [-0.15, -0.1) is 0 Å². The lowest BCUT2D eigenvalue weighted by Gasteiger charge is -2.02. The molecule has 0 unspecified atom stereocenters. The smallest absolute Gasteiger partial charge is 0.184 e. The molecule has 0 saturated heterocycles. The molecule has 20 heavy (non-hydrogen) atoms. The van der Waals surface area contributed by atoms with Gasteiger partial charge in [-0.1, -0.05) is 23.5 Å². The number of halogens is 1.